The van der Waals surface area contributed by atoms with Gasteiger partial charge in [0.05, 0.1) is 19.3 Å². The maximum absolute atomic E-state index is 5.25. The van der Waals surface area contributed by atoms with E-state index in [0.29, 0.717) is 5.41 Å². The van der Waals surface area contributed by atoms with Crippen LogP contribution in [-0.2, 0) is 4.74 Å². The molecule has 0 aromatic carbocycles. The Bertz CT molecular complexity index is 197. The lowest BCUT2D eigenvalue weighted by atomic mass is 9.80. The zero-order valence-corrected chi connectivity index (χ0v) is 10.5. The van der Waals surface area contributed by atoms with Crippen LogP contribution in [0.3, 0.4) is 0 Å². The summed E-state index contributed by atoms with van der Waals surface area (Å²) in [5.41, 5.74) is 0.506. The predicted molar refractivity (Wildman–Crippen MR) is 63.0 cm³/mol. The first-order valence-electron chi connectivity index (χ1n) is 6.36. The van der Waals surface area contributed by atoms with Crippen LogP contribution in [0.4, 0.5) is 0 Å². The zero-order chi connectivity index (χ0) is 10.9. The van der Waals surface area contributed by atoms with Crippen LogP contribution in [0.1, 0.15) is 40.0 Å². The van der Waals surface area contributed by atoms with Crippen LogP contribution in [0, 0.1) is 11.3 Å². The molecule has 2 heteroatoms. The molecule has 0 aliphatic carbocycles. The number of rotatable bonds is 2. The average molecular weight is 211 g/mol. The second-order valence-corrected chi connectivity index (χ2v) is 6.44. The molecule has 0 amide bonds. The Morgan fingerprint density at radius 2 is 1.73 bits per heavy atom. The van der Waals surface area contributed by atoms with Crippen molar-refractivity contribution in [1.82, 2.24) is 4.90 Å². The molecule has 0 N–H and O–H groups in total. The minimum Gasteiger partial charge on any atom is -0.378 e. The highest BCUT2D eigenvalue weighted by Crippen LogP contribution is 2.31. The van der Waals surface area contributed by atoms with Crippen LogP contribution in [0.5, 0.6) is 0 Å². The lowest BCUT2D eigenvalue weighted by molar-refractivity contribution is -0.0749. The molecule has 0 spiro atoms. The van der Waals surface area contributed by atoms with Crippen molar-refractivity contribution in [3.8, 4) is 0 Å². The second kappa shape index (κ2) is 4.42. The summed E-state index contributed by atoms with van der Waals surface area (Å²) in [5.74, 6) is 0.960. The van der Waals surface area contributed by atoms with Gasteiger partial charge in [0.1, 0.15) is 0 Å². The monoisotopic (exact) mass is 211 g/mol. The molecule has 88 valence electrons. The van der Waals surface area contributed by atoms with Gasteiger partial charge in [0.15, 0.2) is 0 Å². The summed E-state index contributed by atoms with van der Waals surface area (Å²) >= 11 is 0. The summed E-state index contributed by atoms with van der Waals surface area (Å²) in [4.78, 5) is 2.63. The summed E-state index contributed by atoms with van der Waals surface area (Å²) < 4.78 is 5.25. The molecule has 0 aromatic heterocycles. The van der Waals surface area contributed by atoms with Crippen molar-refractivity contribution in [2.24, 2.45) is 11.3 Å². The van der Waals surface area contributed by atoms with Crippen LogP contribution in [0.2, 0.25) is 0 Å². The van der Waals surface area contributed by atoms with E-state index < -0.39 is 0 Å². The van der Waals surface area contributed by atoms with Gasteiger partial charge in [0.2, 0.25) is 0 Å². The van der Waals surface area contributed by atoms with Crippen molar-refractivity contribution in [3.63, 3.8) is 0 Å². The average Bonchev–Trinajstić information content (AvgIpc) is 2.02. The van der Waals surface area contributed by atoms with Crippen LogP contribution < -0.4 is 0 Å². The van der Waals surface area contributed by atoms with E-state index in [2.05, 4.69) is 25.7 Å². The molecule has 0 atom stereocenters. The second-order valence-electron chi connectivity index (χ2n) is 6.44. The Hall–Kier alpha value is -0.0800. The smallest absolute Gasteiger partial charge is 0.0645 e. The van der Waals surface area contributed by atoms with Gasteiger partial charge in [-0.2, -0.15) is 0 Å². The lowest BCUT2D eigenvalue weighted by Crippen LogP contribution is -2.51. The molecule has 0 saturated carbocycles. The molecule has 2 aliphatic heterocycles. The number of hydrogen-bond acceptors (Lipinski definition) is 2. The number of piperidine rings is 1. The van der Waals surface area contributed by atoms with Gasteiger partial charge in [-0.25, -0.2) is 0 Å². The van der Waals surface area contributed by atoms with Gasteiger partial charge in [-0.05, 0) is 43.7 Å². The fourth-order valence-corrected chi connectivity index (χ4v) is 2.82. The van der Waals surface area contributed by atoms with E-state index in [9.17, 15) is 0 Å². The molecule has 2 nitrogen and oxygen atoms in total. The maximum Gasteiger partial charge on any atom is 0.0645 e. The summed E-state index contributed by atoms with van der Waals surface area (Å²) in [6.07, 6.45) is 4.18. The number of likely N-dealkylation sites (tertiary alicyclic amines) is 1. The highest BCUT2D eigenvalue weighted by Gasteiger charge is 2.30. The van der Waals surface area contributed by atoms with Gasteiger partial charge in [0.25, 0.3) is 0 Å². The summed E-state index contributed by atoms with van der Waals surface area (Å²) in [6, 6.07) is 0.751. The van der Waals surface area contributed by atoms with E-state index in [1.807, 2.05) is 0 Å². The van der Waals surface area contributed by atoms with Crippen molar-refractivity contribution in [3.05, 3.63) is 0 Å². The third-order valence-electron chi connectivity index (χ3n) is 3.69. The summed E-state index contributed by atoms with van der Waals surface area (Å²) in [7, 11) is 0. The van der Waals surface area contributed by atoms with Crippen LogP contribution in [0.25, 0.3) is 0 Å². The summed E-state index contributed by atoms with van der Waals surface area (Å²) in [5, 5.41) is 0. The minimum atomic E-state index is 0.506. The van der Waals surface area contributed by atoms with Crippen molar-refractivity contribution >= 4 is 0 Å². The molecule has 2 fully saturated rings. The highest BCUT2D eigenvalue weighted by atomic mass is 16.5. The van der Waals surface area contributed by atoms with Gasteiger partial charge in [0, 0.05) is 0 Å². The largest absolute Gasteiger partial charge is 0.378 e. The number of nitrogens with zero attached hydrogens (tertiary/aromatic N) is 1. The molecular weight excluding hydrogens is 186 g/mol. The maximum atomic E-state index is 5.25. The highest BCUT2D eigenvalue weighted by molar-refractivity contribution is 4.83. The molecule has 2 saturated heterocycles. The quantitative estimate of drug-likeness (QED) is 0.696. The van der Waals surface area contributed by atoms with Gasteiger partial charge in [-0.1, -0.05) is 20.8 Å². The zero-order valence-electron chi connectivity index (χ0n) is 10.5. The normalized spacial score (nSPS) is 26.6. The topological polar surface area (TPSA) is 12.5 Å². The number of hydrogen-bond donors (Lipinski definition) is 0. The SMILES string of the molecule is CC(C)(C)CC1CCN(C2COC2)CC1. The van der Waals surface area contributed by atoms with E-state index in [1.54, 1.807) is 0 Å². The van der Waals surface area contributed by atoms with E-state index in [1.165, 1.54) is 32.4 Å². The third-order valence-corrected chi connectivity index (χ3v) is 3.69. The standard InChI is InChI=1S/C13H25NO/c1-13(2,3)8-11-4-6-14(7-5-11)12-9-15-10-12/h11-12H,4-10H2,1-3H3. The van der Waals surface area contributed by atoms with Crippen LogP contribution in [-0.4, -0.2) is 37.2 Å². The first-order valence-corrected chi connectivity index (χ1v) is 6.36. The molecule has 0 aromatic rings. The minimum absolute atomic E-state index is 0.506. The third kappa shape index (κ3) is 3.18. The van der Waals surface area contributed by atoms with E-state index in [4.69, 9.17) is 4.74 Å². The number of ether oxygens (including phenoxy) is 1. The Labute approximate surface area is 94.0 Å². The fraction of sp³-hybridized carbons (Fsp3) is 1.00. The predicted octanol–water partition coefficient (Wildman–Crippen LogP) is 2.53. The lowest BCUT2D eigenvalue weighted by Gasteiger charge is -2.42. The molecule has 0 radical (unpaired) electrons. The molecule has 15 heavy (non-hydrogen) atoms. The Morgan fingerprint density at radius 1 is 1.13 bits per heavy atom. The molecule has 2 aliphatic rings. The van der Waals surface area contributed by atoms with Crippen molar-refractivity contribution in [1.29, 1.82) is 0 Å². The van der Waals surface area contributed by atoms with Crippen molar-refractivity contribution < 1.29 is 4.74 Å². The van der Waals surface area contributed by atoms with Gasteiger partial charge < -0.3 is 4.74 Å². The fourth-order valence-electron chi connectivity index (χ4n) is 2.82. The Kier molecular flexibility index (Phi) is 3.36. The van der Waals surface area contributed by atoms with E-state index in [-0.39, 0.29) is 0 Å². The summed E-state index contributed by atoms with van der Waals surface area (Å²) in [6.45, 7) is 11.6. The Morgan fingerprint density at radius 3 is 2.13 bits per heavy atom. The van der Waals surface area contributed by atoms with E-state index >= 15 is 0 Å². The first kappa shape index (κ1) is 11.4. The Balaban J connectivity index is 1.72. The first-order chi connectivity index (χ1) is 7.04. The van der Waals surface area contributed by atoms with Crippen LogP contribution in [0.15, 0.2) is 0 Å². The molecule has 0 unspecified atom stereocenters. The molecule has 2 rings (SSSR count). The van der Waals surface area contributed by atoms with Crippen molar-refractivity contribution in [2.75, 3.05) is 26.3 Å². The van der Waals surface area contributed by atoms with E-state index in [0.717, 1.165) is 25.2 Å². The molecule has 0 bridgehead atoms. The molecule has 2 heterocycles. The molecular formula is C13H25NO. The van der Waals surface area contributed by atoms with Gasteiger partial charge in [-0.3, -0.25) is 4.90 Å². The van der Waals surface area contributed by atoms with Gasteiger partial charge in [-0.15, -0.1) is 0 Å². The van der Waals surface area contributed by atoms with Crippen LogP contribution >= 0.6 is 0 Å². The van der Waals surface area contributed by atoms with Gasteiger partial charge >= 0.3 is 0 Å². The van der Waals surface area contributed by atoms with Crippen molar-refractivity contribution in [2.45, 2.75) is 46.1 Å².